The number of nitrogens with one attached hydrogen (secondary N) is 1. The first-order chi connectivity index (χ1) is 13.7. The van der Waals surface area contributed by atoms with Crippen molar-refractivity contribution >= 4 is 18.1 Å². The fourth-order valence-electron chi connectivity index (χ4n) is 2.35. The third-order valence-corrected chi connectivity index (χ3v) is 3.77. The minimum atomic E-state index is -4.75. The van der Waals surface area contributed by atoms with E-state index in [4.69, 9.17) is 9.84 Å². The molecule has 0 spiro atoms. The van der Waals surface area contributed by atoms with Crippen LogP contribution in [0.15, 0.2) is 42.5 Å². The predicted octanol–water partition coefficient (Wildman–Crippen LogP) is 2.85. The minimum Gasteiger partial charge on any atom is -0.496 e. The normalized spacial score (nSPS) is 12.6. The number of methoxy groups -OCH3 is 1. The number of carbonyl (C=O) groups excluding carboxylic acids is 1. The molecule has 0 heterocycles. The van der Waals surface area contributed by atoms with Gasteiger partial charge in [0.05, 0.1) is 19.8 Å². The molecule has 0 fully saturated rings. The van der Waals surface area contributed by atoms with Gasteiger partial charge < -0.3 is 25.0 Å². The molecule has 1 atom stereocenters. The number of amides is 1. The lowest BCUT2D eigenvalue weighted by Gasteiger charge is -2.11. The van der Waals surface area contributed by atoms with Gasteiger partial charge in [-0.05, 0) is 35.9 Å². The van der Waals surface area contributed by atoms with Crippen LogP contribution in [0.3, 0.4) is 0 Å². The second-order valence-corrected chi connectivity index (χ2v) is 5.95. The van der Waals surface area contributed by atoms with E-state index >= 15 is 0 Å². The summed E-state index contributed by atoms with van der Waals surface area (Å²) in [4.78, 5) is 12.2. The number of hydrogen-bond acceptors (Lipinski definition) is 5. The lowest BCUT2D eigenvalue weighted by atomic mass is 10.1. The van der Waals surface area contributed by atoms with Gasteiger partial charge in [-0.2, -0.15) is 0 Å². The third kappa shape index (κ3) is 7.13. The summed E-state index contributed by atoms with van der Waals surface area (Å²) in [5.74, 6) is -0.273. The Morgan fingerprint density at radius 3 is 2.45 bits per heavy atom. The zero-order valence-electron chi connectivity index (χ0n) is 15.4. The SMILES string of the molecule is COc1ccc(C(=O)NC[C@@H](O)CO)cc1/C=C/c1ccc(OC(F)(F)F)cc1. The van der Waals surface area contributed by atoms with E-state index in [0.29, 0.717) is 22.4 Å². The Balaban J connectivity index is 2.15. The molecule has 0 unspecified atom stereocenters. The third-order valence-electron chi connectivity index (χ3n) is 3.77. The van der Waals surface area contributed by atoms with E-state index in [1.165, 1.54) is 31.4 Å². The summed E-state index contributed by atoms with van der Waals surface area (Å²) < 4.78 is 45.7. The van der Waals surface area contributed by atoms with Crippen molar-refractivity contribution < 1.29 is 37.7 Å². The van der Waals surface area contributed by atoms with Crippen LogP contribution in [0.5, 0.6) is 11.5 Å². The Morgan fingerprint density at radius 1 is 1.17 bits per heavy atom. The number of rotatable bonds is 8. The summed E-state index contributed by atoms with van der Waals surface area (Å²) in [6.07, 6.45) is -2.51. The van der Waals surface area contributed by atoms with Gasteiger partial charge in [-0.15, -0.1) is 13.2 Å². The highest BCUT2D eigenvalue weighted by molar-refractivity contribution is 5.95. The lowest BCUT2D eigenvalue weighted by Crippen LogP contribution is -2.33. The molecule has 0 bridgehead atoms. The number of aliphatic hydroxyl groups excluding tert-OH is 2. The molecule has 0 aliphatic rings. The van der Waals surface area contributed by atoms with E-state index in [-0.39, 0.29) is 12.3 Å². The average Bonchev–Trinajstić information content (AvgIpc) is 2.69. The quantitative estimate of drug-likeness (QED) is 0.582. The number of alkyl halides is 3. The van der Waals surface area contributed by atoms with E-state index in [1.54, 1.807) is 30.4 Å². The highest BCUT2D eigenvalue weighted by Crippen LogP contribution is 2.25. The van der Waals surface area contributed by atoms with Crippen molar-refractivity contribution in [3.05, 3.63) is 59.2 Å². The molecule has 2 aromatic rings. The van der Waals surface area contributed by atoms with Gasteiger partial charge in [0.15, 0.2) is 0 Å². The van der Waals surface area contributed by atoms with E-state index < -0.39 is 25.0 Å². The maximum atomic E-state index is 12.2. The van der Waals surface area contributed by atoms with Crippen molar-refractivity contribution in [2.45, 2.75) is 12.5 Å². The van der Waals surface area contributed by atoms with Crippen LogP contribution in [0.25, 0.3) is 12.2 Å². The minimum absolute atomic E-state index is 0.0983. The maximum Gasteiger partial charge on any atom is 0.573 e. The van der Waals surface area contributed by atoms with Crippen LogP contribution in [0.2, 0.25) is 0 Å². The highest BCUT2D eigenvalue weighted by Gasteiger charge is 2.30. The maximum absolute atomic E-state index is 12.2. The van der Waals surface area contributed by atoms with Crippen molar-refractivity contribution in [1.82, 2.24) is 5.32 Å². The summed E-state index contributed by atoms with van der Waals surface area (Å²) in [6.45, 7) is -0.567. The molecule has 9 heteroatoms. The molecule has 2 rings (SSSR count). The number of hydrogen-bond donors (Lipinski definition) is 3. The zero-order valence-corrected chi connectivity index (χ0v) is 15.4. The Morgan fingerprint density at radius 2 is 1.86 bits per heavy atom. The fourth-order valence-corrected chi connectivity index (χ4v) is 2.35. The standard InChI is InChI=1S/C20H20F3NO5/c1-28-18-9-6-15(19(27)24-11-16(26)12-25)10-14(18)5-2-13-3-7-17(8-4-13)29-20(21,22)23/h2-10,16,25-26H,11-12H2,1H3,(H,24,27)/b5-2+/t16-/m1/s1. The van der Waals surface area contributed by atoms with E-state index in [2.05, 4.69) is 10.1 Å². The molecule has 2 aromatic carbocycles. The smallest absolute Gasteiger partial charge is 0.496 e. The van der Waals surface area contributed by atoms with Crippen molar-refractivity contribution in [1.29, 1.82) is 0 Å². The molecule has 3 N–H and O–H groups in total. The molecule has 6 nitrogen and oxygen atoms in total. The Labute approximate surface area is 165 Å². The average molecular weight is 411 g/mol. The monoisotopic (exact) mass is 411 g/mol. The molecule has 156 valence electrons. The zero-order chi connectivity index (χ0) is 21.4. The molecule has 0 radical (unpaired) electrons. The van der Waals surface area contributed by atoms with Crippen LogP contribution in [0.1, 0.15) is 21.5 Å². The van der Waals surface area contributed by atoms with Crippen molar-refractivity contribution in [3.63, 3.8) is 0 Å². The largest absolute Gasteiger partial charge is 0.573 e. The van der Waals surface area contributed by atoms with Gasteiger partial charge in [-0.1, -0.05) is 24.3 Å². The molecule has 0 saturated heterocycles. The Hall–Kier alpha value is -3.04. The van der Waals surface area contributed by atoms with Gasteiger partial charge >= 0.3 is 6.36 Å². The lowest BCUT2D eigenvalue weighted by molar-refractivity contribution is -0.274. The van der Waals surface area contributed by atoms with Crippen LogP contribution in [0, 0.1) is 0 Å². The second-order valence-electron chi connectivity index (χ2n) is 5.95. The first-order valence-corrected chi connectivity index (χ1v) is 8.51. The van der Waals surface area contributed by atoms with Crippen LogP contribution in [-0.4, -0.2) is 48.8 Å². The van der Waals surface area contributed by atoms with Gasteiger partial charge in [0.1, 0.15) is 11.5 Å². The van der Waals surface area contributed by atoms with Crippen molar-refractivity contribution in [3.8, 4) is 11.5 Å². The first-order valence-electron chi connectivity index (χ1n) is 8.51. The molecular formula is C20H20F3NO5. The molecule has 1 amide bonds. The van der Waals surface area contributed by atoms with Gasteiger partial charge in [-0.25, -0.2) is 0 Å². The van der Waals surface area contributed by atoms with E-state index in [9.17, 15) is 23.1 Å². The van der Waals surface area contributed by atoms with Crippen LogP contribution < -0.4 is 14.8 Å². The summed E-state index contributed by atoms with van der Waals surface area (Å²) in [6, 6.07) is 10.0. The second kappa shape index (κ2) is 9.94. The van der Waals surface area contributed by atoms with Gasteiger partial charge in [0.25, 0.3) is 5.91 Å². The number of benzene rings is 2. The van der Waals surface area contributed by atoms with E-state index in [1.807, 2.05) is 0 Å². The summed E-state index contributed by atoms with van der Waals surface area (Å²) in [7, 11) is 1.47. The van der Waals surface area contributed by atoms with Crippen LogP contribution in [0.4, 0.5) is 13.2 Å². The molecule has 0 aliphatic heterocycles. The number of ether oxygens (including phenoxy) is 2. The van der Waals surface area contributed by atoms with Crippen molar-refractivity contribution in [2.24, 2.45) is 0 Å². The molecular weight excluding hydrogens is 391 g/mol. The molecule has 0 aromatic heterocycles. The summed E-state index contributed by atoms with van der Waals surface area (Å²) in [5, 5.41) is 20.6. The number of halogens is 3. The topological polar surface area (TPSA) is 88.0 Å². The molecule has 0 saturated carbocycles. The van der Waals surface area contributed by atoms with Crippen LogP contribution >= 0.6 is 0 Å². The molecule has 29 heavy (non-hydrogen) atoms. The molecule has 0 aliphatic carbocycles. The van der Waals surface area contributed by atoms with Gasteiger partial charge in [-0.3, -0.25) is 4.79 Å². The van der Waals surface area contributed by atoms with Crippen molar-refractivity contribution in [2.75, 3.05) is 20.3 Å². The fraction of sp³-hybridized carbons (Fsp3) is 0.250. The first kappa shape index (κ1) is 22.3. The Bertz CT molecular complexity index is 850. The van der Waals surface area contributed by atoms with Gasteiger partial charge in [0.2, 0.25) is 0 Å². The highest BCUT2D eigenvalue weighted by atomic mass is 19.4. The number of aliphatic hydroxyl groups is 2. The Kier molecular flexibility index (Phi) is 7.63. The van der Waals surface area contributed by atoms with Crippen LogP contribution in [-0.2, 0) is 0 Å². The number of carbonyl (C=O) groups is 1. The summed E-state index contributed by atoms with van der Waals surface area (Å²) in [5.41, 5.74) is 1.49. The predicted molar refractivity (Wildman–Crippen MR) is 100 cm³/mol. The van der Waals surface area contributed by atoms with Gasteiger partial charge in [0, 0.05) is 17.7 Å². The summed E-state index contributed by atoms with van der Waals surface area (Å²) >= 11 is 0. The van der Waals surface area contributed by atoms with E-state index in [0.717, 1.165) is 0 Å².